The number of rotatable bonds is 10. The van der Waals surface area contributed by atoms with Gasteiger partial charge in [0, 0.05) is 19.8 Å². The highest BCUT2D eigenvalue weighted by atomic mass is 16.3. The molecule has 3 nitrogen and oxygen atoms in total. The summed E-state index contributed by atoms with van der Waals surface area (Å²) in [6.45, 7) is 3.53. The molecule has 18 heavy (non-hydrogen) atoms. The van der Waals surface area contributed by atoms with E-state index in [1.807, 2.05) is 6.07 Å². The third-order valence-corrected chi connectivity index (χ3v) is 3.01. The van der Waals surface area contributed by atoms with Crippen molar-refractivity contribution in [1.82, 2.24) is 4.90 Å². The van der Waals surface area contributed by atoms with Crippen molar-refractivity contribution >= 4 is 0 Å². The van der Waals surface area contributed by atoms with E-state index < -0.39 is 0 Å². The molecule has 0 amide bonds. The van der Waals surface area contributed by atoms with Crippen LogP contribution in [-0.4, -0.2) is 41.4 Å². The molecule has 0 bridgehead atoms. The normalized spacial score (nSPS) is 11.1. The zero-order chi connectivity index (χ0) is 13.1. The topological polar surface area (TPSA) is 43.7 Å². The van der Waals surface area contributed by atoms with Crippen LogP contribution >= 0.6 is 0 Å². The molecule has 0 aliphatic rings. The first-order valence-corrected chi connectivity index (χ1v) is 6.85. The first-order chi connectivity index (χ1) is 8.86. The van der Waals surface area contributed by atoms with E-state index in [0.29, 0.717) is 0 Å². The lowest BCUT2D eigenvalue weighted by atomic mass is 10.2. The average molecular weight is 251 g/mol. The molecular formula is C15H25NO2. The quantitative estimate of drug-likeness (QED) is 0.625. The molecule has 0 atom stereocenters. The van der Waals surface area contributed by atoms with E-state index in [0.717, 1.165) is 45.3 Å². The molecule has 102 valence electrons. The van der Waals surface area contributed by atoms with Gasteiger partial charge in [-0.2, -0.15) is 0 Å². The lowest BCUT2D eigenvalue weighted by Gasteiger charge is -2.22. The summed E-state index contributed by atoms with van der Waals surface area (Å²) in [5.74, 6) is 0. The van der Waals surface area contributed by atoms with Gasteiger partial charge in [-0.05, 0) is 44.3 Å². The number of unbranched alkanes of at least 4 members (excludes halogenated alkanes) is 2. The minimum absolute atomic E-state index is 0.274. The zero-order valence-electron chi connectivity index (χ0n) is 11.1. The number of hydrogen-bond donors (Lipinski definition) is 2. The predicted molar refractivity (Wildman–Crippen MR) is 74.4 cm³/mol. The molecule has 0 aliphatic carbocycles. The molecule has 0 heterocycles. The van der Waals surface area contributed by atoms with Gasteiger partial charge in [-0.15, -0.1) is 0 Å². The highest BCUT2D eigenvalue weighted by molar-refractivity contribution is 5.14. The van der Waals surface area contributed by atoms with E-state index in [1.165, 1.54) is 5.56 Å². The van der Waals surface area contributed by atoms with Gasteiger partial charge in [-0.1, -0.05) is 30.3 Å². The van der Waals surface area contributed by atoms with Crippen LogP contribution in [0.2, 0.25) is 0 Å². The van der Waals surface area contributed by atoms with Gasteiger partial charge >= 0.3 is 0 Å². The monoisotopic (exact) mass is 251 g/mol. The van der Waals surface area contributed by atoms with Crippen molar-refractivity contribution in [3.05, 3.63) is 35.9 Å². The van der Waals surface area contributed by atoms with E-state index in [-0.39, 0.29) is 13.2 Å². The molecule has 0 spiro atoms. The van der Waals surface area contributed by atoms with Gasteiger partial charge in [0.05, 0.1) is 0 Å². The fraction of sp³-hybridized carbons (Fsp3) is 0.600. The summed E-state index contributed by atoms with van der Waals surface area (Å²) in [7, 11) is 0. The molecule has 0 radical (unpaired) electrons. The number of aliphatic hydroxyl groups is 2. The van der Waals surface area contributed by atoms with E-state index in [1.54, 1.807) is 0 Å². The van der Waals surface area contributed by atoms with Crippen LogP contribution in [0.15, 0.2) is 30.3 Å². The Morgan fingerprint density at radius 2 is 1.33 bits per heavy atom. The largest absolute Gasteiger partial charge is 0.396 e. The summed E-state index contributed by atoms with van der Waals surface area (Å²) in [6.07, 6.45) is 3.79. The molecule has 2 N–H and O–H groups in total. The molecule has 0 saturated carbocycles. The number of nitrogens with zero attached hydrogens (tertiary/aromatic N) is 1. The van der Waals surface area contributed by atoms with Gasteiger partial charge in [0.15, 0.2) is 0 Å². The predicted octanol–water partition coefficient (Wildman–Crippen LogP) is 2.03. The summed E-state index contributed by atoms with van der Waals surface area (Å²) in [6, 6.07) is 10.4. The molecule has 0 fully saturated rings. The fourth-order valence-electron chi connectivity index (χ4n) is 2.01. The Hall–Kier alpha value is -0.900. The Kier molecular flexibility index (Phi) is 8.47. The van der Waals surface area contributed by atoms with E-state index in [4.69, 9.17) is 10.2 Å². The van der Waals surface area contributed by atoms with Crippen LogP contribution in [-0.2, 0) is 6.54 Å². The average Bonchev–Trinajstić information content (AvgIpc) is 2.40. The Bertz CT molecular complexity index is 280. The maximum Gasteiger partial charge on any atom is 0.0431 e. The van der Waals surface area contributed by atoms with E-state index >= 15 is 0 Å². The van der Waals surface area contributed by atoms with Crippen LogP contribution < -0.4 is 0 Å². The summed E-state index contributed by atoms with van der Waals surface area (Å²) < 4.78 is 0. The standard InChI is InChI=1S/C15H25NO2/c17-12-6-4-10-16(11-5-7-13-18)14-15-8-2-1-3-9-15/h1-3,8-9,17-18H,4-7,10-14H2. The van der Waals surface area contributed by atoms with Crippen molar-refractivity contribution < 1.29 is 10.2 Å². The van der Waals surface area contributed by atoms with Crippen LogP contribution in [0.1, 0.15) is 31.2 Å². The summed E-state index contributed by atoms with van der Waals surface area (Å²) >= 11 is 0. The maximum absolute atomic E-state index is 8.83. The molecule has 1 aromatic rings. The molecular weight excluding hydrogens is 226 g/mol. The number of benzene rings is 1. The smallest absolute Gasteiger partial charge is 0.0431 e. The van der Waals surface area contributed by atoms with Crippen LogP contribution in [0, 0.1) is 0 Å². The summed E-state index contributed by atoms with van der Waals surface area (Å²) in [5.41, 5.74) is 1.32. The molecule has 0 aliphatic heterocycles. The van der Waals surface area contributed by atoms with E-state index in [2.05, 4.69) is 29.2 Å². The first kappa shape index (κ1) is 15.2. The van der Waals surface area contributed by atoms with Gasteiger partial charge in [-0.3, -0.25) is 4.90 Å². The zero-order valence-corrected chi connectivity index (χ0v) is 11.1. The Labute approximate surface area is 110 Å². The molecule has 3 heteroatoms. The van der Waals surface area contributed by atoms with Crippen LogP contribution in [0.4, 0.5) is 0 Å². The minimum Gasteiger partial charge on any atom is -0.396 e. The van der Waals surface area contributed by atoms with Crippen LogP contribution in [0.5, 0.6) is 0 Å². The summed E-state index contributed by atoms with van der Waals surface area (Å²) in [5, 5.41) is 17.7. The molecule has 0 aromatic heterocycles. The maximum atomic E-state index is 8.83. The van der Waals surface area contributed by atoms with Crippen molar-refractivity contribution in [1.29, 1.82) is 0 Å². The number of hydrogen-bond acceptors (Lipinski definition) is 3. The highest BCUT2D eigenvalue weighted by Crippen LogP contribution is 2.07. The highest BCUT2D eigenvalue weighted by Gasteiger charge is 2.05. The third kappa shape index (κ3) is 6.74. The SMILES string of the molecule is OCCCCN(CCCCO)Cc1ccccc1. The fourth-order valence-corrected chi connectivity index (χ4v) is 2.01. The summed E-state index contributed by atoms with van der Waals surface area (Å²) in [4.78, 5) is 2.40. The molecule has 1 rings (SSSR count). The first-order valence-electron chi connectivity index (χ1n) is 6.85. The van der Waals surface area contributed by atoms with Crippen LogP contribution in [0.3, 0.4) is 0 Å². The number of aliphatic hydroxyl groups excluding tert-OH is 2. The van der Waals surface area contributed by atoms with Crippen LogP contribution in [0.25, 0.3) is 0 Å². The third-order valence-electron chi connectivity index (χ3n) is 3.01. The lowest BCUT2D eigenvalue weighted by Crippen LogP contribution is -2.26. The lowest BCUT2D eigenvalue weighted by molar-refractivity contribution is 0.221. The Morgan fingerprint density at radius 1 is 0.778 bits per heavy atom. The van der Waals surface area contributed by atoms with Gasteiger partial charge in [0.2, 0.25) is 0 Å². The van der Waals surface area contributed by atoms with Crippen molar-refractivity contribution in [3.63, 3.8) is 0 Å². The van der Waals surface area contributed by atoms with Gasteiger partial charge < -0.3 is 10.2 Å². The van der Waals surface area contributed by atoms with Gasteiger partial charge in [0.1, 0.15) is 0 Å². The molecule has 0 saturated heterocycles. The second-order valence-electron chi connectivity index (χ2n) is 4.62. The Balaban J connectivity index is 2.37. The second kappa shape index (κ2) is 10.1. The van der Waals surface area contributed by atoms with Crippen molar-refractivity contribution in [2.24, 2.45) is 0 Å². The van der Waals surface area contributed by atoms with Gasteiger partial charge in [-0.25, -0.2) is 0 Å². The molecule has 0 unspecified atom stereocenters. The van der Waals surface area contributed by atoms with Crippen molar-refractivity contribution in [2.75, 3.05) is 26.3 Å². The Morgan fingerprint density at radius 3 is 1.83 bits per heavy atom. The minimum atomic E-state index is 0.274. The van der Waals surface area contributed by atoms with Gasteiger partial charge in [0.25, 0.3) is 0 Å². The van der Waals surface area contributed by atoms with Crippen molar-refractivity contribution in [2.45, 2.75) is 32.2 Å². The van der Waals surface area contributed by atoms with E-state index in [9.17, 15) is 0 Å². The van der Waals surface area contributed by atoms with Crippen molar-refractivity contribution in [3.8, 4) is 0 Å². The molecule has 1 aromatic carbocycles. The second-order valence-corrected chi connectivity index (χ2v) is 4.62.